The van der Waals surface area contributed by atoms with E-state index in [2.05, 4.69) is 21.6 Å². The van der Waals surface area contributed by atoms with E-state index in [1.165, 1.54) is 27.1 Å². The molecule has 1 unspecified atom stereocenters. The van der Waals surface area contributed by atoms with Crippen LogP contribution in [0.5, 0.6) is 0 Å². The van der Waals surface area contributed by atoms with E-state index in [4.69, 9.17) is 4.74 Å². The fraction of sp³-hybridized carbons (Fsp3) is 0.632. The predicted octanol–water partition coefficient (Wildman–Crippen LogP) is 1.82. The lowest BCUT2D eigenvalue weighted by Crippen LogP contribution is -2.43. The van der Waals surface area contributed by atoms with Crippen molar-refractivity contribution in [2.45, 2.75) is 49.8 Å². The number of hydrogen-bond donors (Lipinski definition) is 1. The molecule has 0 saturated carbocycles. The van der Waals surface area contributed by atoms with Gasteiger partial charge in [0.05, 0.1) is 6.61 Å². The van der Waals surface area contributed by atoms with E-state index in [-0.39, 0.29) is 23.8 Å². The van der Waals surface area contributed by atoms with E-state index in [0.717, 1.165) is 18.4 Å². The lowest BCUT2D eigenvalue weighted by atomic mass is 9.98. The van der Waals surface area contributed by atoms with Crippen molar-refractivity contribution >= 4 is 5.97 Å². The molecular formula is C19H29N2O6+. The van der Waals surface area contributed by atoms with Crippen molar-refractivity contribution < 1.29 is 29.4 Å². The van der Waals surface area contributed by atoms with Gasteiger partial charge in [-0.2, -0.15) is 9.68 Å². The average Bonchev–Trinajstić information content (AvgIpc) is 2.90. The molecule has 1 aromatic rings. The lowest BCUT2D eigenvalue weighted by molar-refractivity contribution is -0.972. The first-order chi connectivity index (χ1) is 13.0. The minimum Gasteiger partial charge on any atom is -0.462 e. The Kier molecular flexibility index (Phi) is 7.99. The number of carbonyl (C=O) groups excluding carboxylic acids is 1. The molecule has 27 heavy (non-hydrogen) atoms. The Morgan fingerprint density at radius 3 is 2.19 bits per heavy atom. The van der Waals surface area contributed by atoms with Gasteiger partial charge in [0, 0.05) is 12.1 Å². The number of ether oxygens (including phenoxy) is 1. The van der Waals surface area contributed by atoms with Crippen molar-refractivity contribution in [3.63, 3.8) is 0 Å². The van der Waals surface area contributed by atoms with Gasteiger partial charge in [0.25, 0.3) is 0 Å². The van der Waals surface area contributed by atoms with Gasteiger partial charge in [0.1, 0.15) is 16.9 Å². The highest BCUT2D eigenvalue weighted by Gasteiger charge is 2.40. The molecule has 0 spiro atoms. The summed E-state index contributed by atoms with van der Waals surface area (Å²) in [6.07, 6.45) is 4.26. The minimum atomic E-state index is -0.566. The monoisotopic (exact) mass is 381 g/mol. The Morgan fingerprint density at radius 2 is 1.74 bits per heavy atom. The van der Waals surface area contributed by atoms with E-state index in [1.54, 1.807) is 0 Å². The number of aliphatic hydroxyl groups is 1. The molecule has 8 nitrogen and oxygen atoms in total. The molecule has 8 heteroatoms. The van der Waals surface area contributed by atoms with Crippen molar-refractivity contribution in [2.75, 3.05) is 27.9 Å². The quantitative estimate of drug-likeness (QED) is 0.594. The molecule has 2 saturated heterocycles. The van der Waals surface area contributed by atoms with Crippen LogP contribution in [0, 0.1) is 4.91 Å². The molecule has 0 aliphatic carbocycles. The smallest absolute Gasteiger partial charge is 0.462 e. The molecule has 150 valence electrons. The Hall–Kier alpha value is -2.19. The Morgan fingerprint density at radius 1 is 1.19 bits per heavy atom. The van der Waals surface area contributed by atoms with Gasteiger partial charge in [0.2, 0.25) is 0 Å². The van der Waals surface area contributed by atoms with Crippen LogP contribution in [0.3, 0.4) is 0 Å². The van der Waals surface area contributed by atoms with Crippen LogP contribution in [0.25, 0.3) is 0 Å². The lowest BCUT2D eigenvalue weighted by Gasteiger charge is -2.36. The summed E-state index contributed by atoms with van der Waals surface area (Å²) in [6.45, 7) is -0.206. The van der Waals surface area contributed by atoms with E-state index in [9.17, 15) is 14.8 Å². The van der Waals surface area contributed by atoms with Crippen molar-refractivity contribution in [3.05, 3.63) is 40.8 Å². The number of piperidine rings is 1. The average molecular weight is 381 g/mol. The fourth-order valence-electron chi connectivity index (χ4n) is 3.78. The van der Waals surface area contributed by atoms with Gasteiger partial charge in [-0.05, 0) is 38.3 Å². The van der Waals surface area contributed by atoms with Crippen LogP contribution in [0.4, 0.5) is 0 Å². The Bertz CT molecular complexity index is 591. The summed E-state index contributed by atoms with van der Waals surface area (Å²) in [5.41, 5.74) is 0.820. The summed E-state index contributed by atoms with van der Waals surface area (Å²) in [5.74, 6) is -0.860. The van der Waals surface area contributed by atoms with E-state index in [0.29, 0.717) is 12.1 Å². The topological polar surface area (TPSA) is 88.3 Å². The number of fused-ring (bicyclic) bond motifs is 2. The number of rotatable bonds is 6. The number of aliphatic hydroxyl groups excluding tert-OH is 1. The van der Waals surface area contributed by atoms with E-state index < -0.39 is 5.92 Å². The second-order valence-electron chi connectivity index (χ2n) is 6.82. The van der Waals surface area contributed by atoms with Crippen molar-refractivity contribution in [1.29, 1.82) is 0 Å². The summed E-state index contributed by atoms with van der Waals surface area (Å²) in [4.78, 5) is 32.3. The SMILES string of the molecule is CN1[C@@H]2CC[C@H]1C[C@@H](OC(=O)C(CO)c1ccccc1)C2.CO[N+](=O)OC. The normalized spacial score (nSPS) is 25.0. The van der Waals surface area contributed by atoms with Gasteiger partial charge in [-0.25, -0.2) is 0 Å². The number of hydrogen-bond acceptors (Lipinski definition) is 7. The minimum absolute atomic E-state index is 0. The molecular weight excluding hydrogens is 352 g/mol. The first-order valence-electron chi connectivity index (χ1n) is 9.13. The third kappa shape index (κ3) is 5.64. The van der Waals surface area contributed by atoms with Crippen LogP contribution in [0.15, 0.2) is 30.3 Å². The first-order valence-corrected chi connectivity index (χ1v) is 9.13. The summed E-state index contributed by atoms with van der Waals surface area (Å²) in [6, 6.07) is 10.5. The number of carbonyl (C=O) groups is 1. The maximum Gasteiger partial charge on any atom is 0.476 e. The number of benzene rings is 1. The van der Waals surface area contributed by atoms with Crippen molar-refractivity contribution in [1.82, 2.24) is 4.90 Å². The van der Waals surface area contributed by atoms with Gasteiger partial charge < -0.3 is 14.7 Å². The molecule has 2 fully saturated rings. The molecule has 2 aliphatic rings. The van der Waals surface area contributed by atoms with Crippen LogP contribution in [-0.2, 0) is 19.2 Å². The molecule has 1 aromatic carbocycles. The number of esters is 1. The van der Waals surface area contributed by atoms with Crippen LogP contribution >= 0.6 is 0 Å². The fourth-order valence-corrected chi connectivity index (χ4v) is 3.78. The highest BCUT2D eigenvalue weighted by Crippen LogP contribution is 2.36. The standard InChI is InChI=1S/C17H23NO3.C2H6NO3/c1-18-13-7-8-14(18)10-15(9-13)21-17(20)16(11-19)12-5-3-2-4-6-12;1-5-3(4)6-2/h2-6,13-16,19H,7-11H2,1H3;1-2H3/q;+1/t13-,14+,15+,16?;. The third-order valence-corrected chi connectivity index (χ3v) is 5.30. The maximum absolute atomic E-state index is 12.4. The van der Waals surface area contributed by atoms with Gasteiger partial charge in [-0.15, -0.1) is 0 Å². The zero-order chi connectivity index (χ0) is 19.8. The molecule has 0 radical (unpaired) electrons. The maximum atomic E-state index is 12.4. The van der Waals surface area contributed by atoms with Crippen molar-refractivity contribution in [2.24, 2.45) is 0 Å². The van der Waals surface area contributed by atoms with Gasteiger partial charge in [0.15, 0.2) is 14.2 Å². The van der Waals surface area contributed by atoms with Crippen LogP contribution < -0.4 is 0 Å². The van der Waals surface area contributed by atoms with E-state index >= 15 is 0 Å². The van der Waals surface area contributed by atoms with Crippen molar-refractivity contribution in [3.8, 4) is 0 Å². The predicted molar refractivity (Wildman–Crippen MR) is 97.6 cm³/mol. The highest BCUT2D eigenvalue weighted by atomic mass is 17.0. The summed E-state index contributed by atoms with van der Waals surface area (Å²) in [5, 5.41) is 9.53. The Balaban J connectivity index is 0.000000380. The highest BCUT2D eigenvalue weighted by molar-refractivity contribution is 5.78. The third-order valence-electron chi connectivity index (χ3n) is 5.30. The zero-order valence-electron chi connectivity index (χ0n) is 16.1. The first kappa shape index (κ1) is 21.1. The summed E-state index contributed by atoms with van der Waals surface area (Å²) < 4.78 is 5.70. The molecule has 2 heterocycles. The van der Waals surface area contributed by atoms with Crippen LogP contribution in [-0.4, -0.2) is 67.1 Å². The molecule has 4 atom stereocenters. The Labute approximate surface area is 159 Å². The van der Waals surface area contributed by atoms with Crippen LogP contribution in [0.2, 0.25) is 0 Å². The zero-order valence-corrected chi connectivity index (χ0v) is 16.1. The second-order valence-corrected chi connectivity index (χ2v) is 6.82. The molecule has 3 rings (SSSR count). The molecule has 1 N–H and O–H groups in total. The largest absolute Gasteiger partial charge is 0.476 e. The second kappa shape index (κ2) is 10.2. The van der Waals surface area contributed by atoms with Crippen LogP contribution in [0.1, 0.15) is 37.2 Å². The van der Waals surface area contributed by atoms with Gasteiger partial charge >= 0.3 is 11.1 Å². The summed E-state index contributed by atoms with van der Waals surface area (Å²) >= 11 is 0. The molecule has 0 aromatic heterocycles. The molecule has 0 amide bonds. The van der Waals surface area contributed by atoms with E-state index in [1.807, 2.05) is 30.3 Å². The van der Waals surface area contributed by atoms with Gasteiger partial charge in [-0.3, -0.25) is 4.79 Å². The van der Waals surface area contributed by atoms with Gasteiger partial charge in [-0.1, -0.05) is 30.3 Å². The molecule has 2 bridgehead atoms. The summed E-state index contributed by atoms with van der Waals surface area (Å²) in [7, 11) is 4.61. The number of nitrogens with zero attached hydrogens (tertiary/aromatic N) is 2. The molecule has 2 aliphatic heterocycles.